The molecule has 1 amide bonds. The van der Waals surface area contributed by atoms with E-state index in [0.29, 0.717) is 12.5 Å². The molecule has 1 aliphatic carbocycles. The molecule has 27 heavy (non-hydrogen) atoms. The van der Waals surface area contributed by atoms with Gasteiger partial charge < -0.3 is 15.4 Å². The van der Waals surface area contributed by atoms with E-state index in [4.69, 9.17) is 10.5 Å². The predicted molar refractivity (Wildman–Crippen MR) is 109 cm³/mol. The molecule has 2 N–H and O–H groups in total. The molecule has 0 aromatic heterocycles. The van der Waals surface area contributed by atoms with Crippen LogP contribution in [0, 0.1) is 0 Å². The van der Waals surface area contributed by atoms with Crippen LogP contribution in [0.5, 0.6) is 0 Å². The summed E-state index contributed by atoms with van der Waals surface area (Å²) in [5, 5.41) is 0. The van der Waals surface area contributed by atoms with Gasteiger partial charge in [-0.15, -0.1) is 0 Å². The van der Waals surface area contributed by atoms with Crippen LogP contribution in [0.4, 0.5) is 4.79 Å². The summed E-state index contributed by atoms with van der Waals surface area (Å²) >= 11 is 0. The van der Waals surface area contributed by atoms with Crippen LogP contribution < -0.4 is 5.73 Å². The van der Waals surface area contributed by atoms with Crippen molar-refractivity contribution >= 4 is 6.09 Å². The Morgan fingerprint density at radius 3 is 2.44 bits per heavy atom. The van der Waals surface area contributed by atoms with E-state index in [1.807, 2.05) is 26.8 Å². The molecule has 0 unspecified atom stereocenters. The van der Waals surface area contributed by atoms with Crippen molar-refractivity contribution < 1.29 is 9.53 Å². The van der Waals surface area contributed by atoms with Crippen LogP contribution in [0.1, 0.15) is 58.4 Å². The number of ether oxygens (including phenoxy) is 1. The van der Waals surface area contributed by atoms with E-state index in [9.17, 15) is 4.79 Å². The van der Waals surface area contributed by atoms with Gasteiger partial charge in [-0.1, -0.05) is 30.3 Å². The quantitative estimate of drug-likeness (QED) is 0.857. The topological polar surface area (TPSA) is 58.8 Å². The Balaban J connectivity index is 1.78. The molecular formula is C22H35N3O2. The molecule has 2 fully saturated rings. The van der Waals surface area contributed by atoms with Gasteiger partial charge in [0.05, 0.1) is 5.54 Å². The van der Waals surface area contributed by atoms with Crippen LogP contribution in [0.15, 0.2) is 30.3 Å². The number of carbonyl (C=O) groups is 1. The first kappa shape index (κ1) is 20.2. The van der Waals surface area contributed by atoms with E-state index in [1.165, 1.54) is 5.56 Å². The lowest BCUT2D eigenvalue weighted by Gasteiger charge is -2.42. The number of benzene rings is 1. The summed E-state index contributed by atoms with van der Waals surface area (Å²) in [5.74, 6) is 0.383. The second-order valence-electron chi connectivity index (χ2n) is 9.24. The Labute approximate surface area is 163 Å². The van der Waals surface area contributed by atoms with Gasteiger partial charge in [0.25, 0.3) is 0 Å². The van der Waals surface area contributed by atoms with Crippen molar-refractivity contribution in [2.45, 2.75) is 70.1 Å². The third-order valence-electron chi connectivity index (χ3n) is 5.92. The molecule has 150 valence electrons. The van der Waals surface area contributed by atoms with Crippen molar-refractivity contribution in [3.63, 3.8) is 0 Å². The third-order valence-corrected chi connectivity index (χ3v) is 5.92. The fourth-order valence-corrected chi connectivity index (χ4v) is 4.45. The Morgan fingerprint density at radius 1 is 1.26 bits per heavy atom. The molecule has 5 heteroatoms. The number of hydrogen-bond donors (Lipinski definition) is 1. The number of piperidine rings is 1. The van der Waals surface area contributed by atoms with Crippen molar-refractivity contribution in [3.05, 3.63) is 35.9 Å². The summed E-state index contributed by atoms with van der Waals surface area (Å²) in [6.45, 7) is 11.7. The highest BCUT2D eigenvalue weighted by Crippen LogP contribution is 2.56. The monoisotopic (exact) mass is 373 g/mol. The minimum absolute atomic E-state index is 0.162. The number of nitrogens with zero attached hydrogens (tertiary/aromatic N) is 2. The van der Waals surface area contributed by atoms with E-state index in [-0.39, 0.29) is 17.7 Å². The van der Waals surface area contributed by atoms with Crippen molar-refractivity contribution in [1.29, 1.82) is 0 Å². The Bertz CT molecular complexity index is 635. The van der Waals surface area contributed by atoms with E-state index >= 15 is 0 Å². The van der Waals surface area contributed by atoms with Gasteiger partial charge in [-0.3, -0.25) is 4.90 Å². The summed E-state index contributed by atoms with van der Waals surface area (Å²) in [5.41, 5.74) is 6.38. The molecular weight excluding hydrogens is 338 g/mol. The average molecular weight is 374 g/mol. The van der Waals surface area contributed by atoms with Crippen molar-refractivity contribution in [3.8, 4) is 0 Å². The maximum absolute atomic E-state index is 13.2. The third kappa shape index (κ3) is 4.64. The van der Waals surface area contributed by atoms with Crippen LogP contribution in [-0.2, 0) is 4.74 Å². The van der Waals surface area contributed by atoms with Gasteiger partial charge in [-0.2, -0.15) is 0 Å². The molecule has 0 radical (unpaired) electrons. The molecule has 3 rings (SSSR count). The maximum Gasteiger partial charge on any atom is 0.411 e. The summed E-state index contributed by atoms with van der Waals surface area (Å²) in [6, 6.07) is 10.8. The van der Waals surface area contributed by atoms with E-state index in [2.05, 4.69) is 41.0 Å². The zero-order valence-electron chi connectivity index (χ0n) is 17.3. The van der Waals surface area contributed by atoms with Gasteiger partial charge in [-0.05, 0) is 52.5 Å². The van der Waals surface area contributed by atoms with Gasteiger partial charge >= 0.3 is 6.09 Å². The number of nitrogens with two attached hydrogens (primary N) is 1. The fraction of sp³-hybridized carbons (Fsp3) is 0.682. The summed E-state index contributed by atoms with van der Waals surface area (Å²) in [6.07, 6.45) is 2.80. The van der Waals surface area contributed by atoms with Gasteiger partial charge in [-0.25, -0.2) is 4.79 Å². The highest BCUT2D eigenvalue weighted by Gasteiger charge is 2.59. The first-order valence-corrected chi connectivity index (χ1v) is 10.2. The first-order chi connectivity index (χ1) is 12.7. The standard InChI is InChI=1S/C22H35N3O2/c1-21(2,3)27-20(26)25(18-10-13-24(14-11-18)15-12-23)22(4)16-19(22)17-8-6-5-7-9-17/h5-9,18-19H,10-16,23H2,1-4H3/t19-,22+/m0/s1. The second kappa shape index (κ2) is 7.80. The molecule has 1 aliphatic heterocycles. The molecule has 1 aromatic carbocycles. The van der Waals surface area contributed by atoms with Crippen LogP contribution in [0.3, 0.4) is 0 Å². The highest BCUT2D eigenvalue weighted by molar-refractivity contribution is 5.71. The average Bonchev–Trinajstić information content (AvgIpc) is 3.28. The first-order valence-electron chi connectivity index (χ1n) is 10.2. The normalized spacial score (nSPS) is 26.6. The lowest BCUT2D eigenvalue weighted by molar-refractivity contribution is -0.00706. The van der Waals surface area contributed by atoms with Gasteiger partial charge in [0.15, 0.2) is 0 Å². The SMILES string of the molecule is CC(C)(C)OC(=O)N(C1CCN(CCN)CC1)[C@]1(C)C[C@H]1c1ccccc1. The largest absolute Gasteiger partial charge is 0.444 e. The smallest absolute Gasteiger partial charge is 0.411 e. The van der Waals surface area contributed by atoms with Gasteiger partial charge in [0.1, 0.15) is 5.60 Å². The summed E-state index contributed by atoms with van der Waals surface area (Å²) < 4.78 is 5.83. The van der Waals surface area contributed by atoms with Crippen LogP contribution in [0.25, 0.3) is 0 Å². The van der Waals surface area contributed by atoms with Crippen LogP contribution in [-0.4, -0.2) is 59.3 Å². The molecule has 5 nitrogen and oxygen atoms in total. The predicted octanol–water partition coefficient (Wildman–Crippen LogP) is 3.59. The Morgan fingerprint density at radius 2 is 1.89 bits per heavy atom. The minimum Gasteiger partial charge on any atom is -0.444 e. The Kier molecular flexibility index (Phi) is 5.82. The molecule has 1 saturated carbocycles. The van der Waals surface area contributed by atoms with Gasteiger partial charge in [0, 0.05) is 38.1 Å². The van der Waals surface area contributed by atoms with Crippen molar-refractivity contribution in [1.82, 2.24) is 9.80 Å². The number of carbonyl (C=O) groups excluding carboxylic acids is 1. The number of rotatable bonds is 5. The fourth-order valence-electron chi connectivity index (χ4n) is 4.45. The Hall–Kier alpha value is -1.59. The van der Waals surface area contributed by atoms with Crippen molar-refractivity contribution in [2.75, 3.05) is 26.2 Å². The second-order valence-corrected chi connectivity index (χ2v) is 9.24. The number of amides is 1. The molecule has 0 bridgehead atoms. The molecule has 2 atom stereocenters. The molecule has 1 heterocycles. The lowest BCUT2D eigenvalue weighted by Crippen LogP contribution is -2.54. The van der Waals surface area contributed by atoms with E-state index in [0.717, 1.165) is 38.9 Å². The number of hydrogen-bond acceptors (Lipinski definition) is 4. The lowest BCUT2D eigenvalue weighted by atomic mass is 9.98. The summed E-state index contributed by atoms with van der Waals surface area (Å²) in [7, 11) is 0. The zero-order valence-corrected chi connectivity index (χ0v) is 17.3. The van der Waals surface area contributed by atoms with E-state index < -0.39 is 5.60 Å². The molecule has 2 aliphatic rings. The molecule has 1 aromatic rings. The highest BCUT2D eigenvalue weighted by atomic mass is 16.6. The van der Waals surface area contributed by atoms with Crippen LogP contribution >= 0.6 is 0 Å². The van der Waals surface area contributed by atoms with Gasteiger partial charge in [0.2, 0.25) is 0 Å². The maximum atomic E-state index is 13.2. The zero-order chi connectivity index (χ0) is 19.7. The van der Waals surface area contributed by atoms with Crippen LogP contribution in [0.2, 0.25) is 0 Å². The van der Waals surface area contributed by atoms with Crippen molar-refractivity contribution in [2.24, 2.45) is 5.73 Å². The number of likely N-dealkylation sites (tertiary alicyclic amines) is 1. The van der Waals surface area contributed by atoms with E-state index in [1.54, 1.807) is 0 Å². The molecule has 1 saturated heterocycles. The molecule has 0 spiro atoms. The minimum atomic E-state index is -0.483. The summed E-state index contributed by atoms with van der Waals surface area (Å²) in [4.78, 5) is 17.7.